The first-order chi connectivity index (χ1) is 12.4. The van der Waals surface area contributed by atoms with Gasteiger partial charge in [-0.3, -0.25) is 19.0 Å². The molecule has 26 heavy (non-hydrogen) atoms. The number of fused-ring (bicyclic) bond motifs is 1. The molecule has 0 aliphatic heterocycles. The molecule has 0 radical (unpaired) electrons. The molecule has 0 aliphatic carbocycles. The Labute approximate surface area is 153 Å². The molecule has 0 bridgehead atoms. The molecular formula is C18H15ClN4O3. The molecule has 2 aromatic carbocycles. The number of benzene rings is 2. The zero-order valence-corrected chi connectivity index (χ0v) is 14.6. The minimum absolute atomic E-state index is 0.196. The Morgan fingerprint density at radius 1 is 1.12 bits per heavy atom. The van der Waals surface area contributed by atoms with E-state index >= 15 is 0 Å². The average Bonchev–Trinajstić information content (AvgIpc) is 2.57. The summed E-state index contributed by atoms with van der Waals surface area (Å²) in [4.78, 5) is 40.0. The Morgan fingerprint density at radius 3 is 2.58 bits per heavy atom. The third kappa shape index (κ3) is 4.07. The van der Waals surface area contributed by atoms with Crippen molar-refractivity contribution in [3.8, 4) is 0 Å². The molecule has 3 rings (SSSR count). The first-order valence-corrected chi connectivity index (χ1v) is 8.12. The van der Waals surface area contributed by atoms with Crippen LogP contribution in [0.3, 0.4) is 0 Å². The SMILES string of the molecule is CC(=O)Nc1cccc(NC(=O)Cn2cnc3ccc(Cl)cc3c2=O)c1. The fourth-order valence-corrected chi connectivity index (χ4v) is 2.65. The van der Waals surface area contributed by atoms with E-state index in [0.717, 1.165) is 0 Å². The summed E-state index contributed by atoms with van der Waals surface area (Å²) >= 11 is 5.92. The topological polar surface area (TPSA) is 93.1 Å². The van der Waals surface area contributed by atoms with Crippen molar-refractivity contribution in [3.05, 3.63) is 64.2 Å². The molecule has 2 N–H and O–H groups in total. The molecule has 0 aliphatic rings. The van der Waals surface area contributed by atoms with E-state index in [0.29, 0.717) is 27.3 Å². The van der Waals surface area contributed by atoms with E-state index in [1.165, 1.54) is 23.9 Å². The van der Waals surface area contributed by atoms with Gasteiger partial charge < -0.3 is 10.6 Å². The highest BCUT2D eigenvalue weighted by atomic mass is 35.5. The summed E-state index contributed by atoms with van der Waals surface area (Å²) in [5, 5.41) is 6.09. The Morgan fingerprint density at radius 2 is 1.85 bits per heavy atom. The van der Waals surface area contributed by atoms with E-state index in [-0.39, 0.29) is 18.0 Å². The van der Waals surface area contributed by atoms with Crippen molar-refractivity contribution < 1.29 is 9.59 Å². The van der Waals surface area contributed by atoms with Crippen LogP contribution in [0.1, 0.15) is 6.92 Å². The largest absolute Gasteiger partial charge is 0.326 e. The molecule has 8 heteroatoms. The van der Waals surface area contributed by atoms with E-state index in [9.17, 15) is 14.4 Å². The van der Waals surface area contributed by atoms with Gasteiger partial charge in [0.05, 0.1) is 17.2 Å². The smallest absolute Gasteiger partial charge is 0.261 e. The summed E-state index contributed by atoms with van der Waals surface area (Å²) < 4.78 is 1.21. The molecule has 0 fully saturated rings. The summed E-state index contributed by atoms with van der Waals surface area (Å²) in [7, 11) is 0. The van der Waals surface area contributed by atoms with Crippen LogP contribution in [0.4, 0.5) is 11.4 Å². The van der Waals surface area contributed by atoms with Crippen molar-refractivity contribution in [1.29, 1.82) is 0 Å². The molecule has 0 saturated carbocycles. The number of amides is 2. The molecule has 2 amide bonds. The van der Waals surface area contributed by atoms with Crippen molar-refractivity contribution in [2.75, 3.05) is 10.6 Å². The standard InChI is InChI=1S/C18H15ClN4O3/c1-11(24)21-13-3-2-4-14(8-13)22-17(25)9-23-10-20-16-6-5-12(19)7-15(16)18(23)26/h2-8,10H,9H2,1H3,(H,21,24)(H,22,25). The van der Waals surface area contributed by atoms with Crippen molar-refractivity contribution in [2.45, 2.75) is 13.5 Å². The Balaban J connectivity index is 1.78. The second kappa shape index (κ2) is 7.37. The molecule has 1 aromatic heterocycles. The first-order valence-electron chi connectivity index (χ1n) is 7.74. The molecular weight excluding hydrogens is 356 g/mol. The summed E-state index contributed by atoms with van der Waals surface area (Å²) in [5.74, 6) is -0.601. The van der Waals surface area contributed by atoms with Gasteiger partial charge in [0.15, 0.2) is 0 Å². The van der Waals surface area contributed by atoms with Gasteiger partial charge in [-0.25, -0.2) is 4.98 Å². The van der Waals surface area contributed by atoms with E-state index in [1.807, 2.05) is 0 Å². The monoisotopic (exact) mass is 370 g/mol. The number of aromatic nitrogens is 2. The lowest BCUT2D eigenvalue weighted by Crippen LogP contribution is -2.27. The lowest BCUT2D eigenvalue weighted by atomic mass is 10.2. The molecule has 7 nitrogen and oxygen atoms in total. The highest BCUT2D eigenvalue weighted by Crippen LogP contribution is 2.16. The third-order valence-corrected chi connectivity index (χ3v) is 3.80. The second-order valence-corrected chi connectivity index (χ2v) is 6.09. The minimum atomic E-state index is -0.393. The van der Waals surface area contributed by atoms with Crippen molar-refractivity contribution in [1.82, 2.24) is 9.55 Å². The molecule has 0 saturated heterocycles. The lowest BCUT2D eigenvalue weighted by Gasteiger charge is -2.09. The van der Waals surface area contributed by atoms with Crippen molar-refractivity contribution in [3.63, 3.8) is 0 Å². The number of nitrogens with one attached hydrogen (secondary N) is 2. The van der Waals surface area contributed by atoms with Gasteiger partial charge >= 0.3 is 0 Å². The van der Waals surface area contributed by atoms with Crippen LogP contribution in [-0.2, 0) is 16.1 Å². The maximum atomic E-state index is 12.5. The van der Waals surface area contributed by atoms with Gasteiger partial charge in [-0.1, -0.05) is 17.7 Å². The minimum Gasteiger partial charge on any atom is -0.326 e. The number of hydrogen-bond donors (Lipinski definition) is 2. The lowest BCUT2D eigenvalue weighted by molar-refractivity contribution is -0.117. The highest BCUT2D eigenvalue weighted by Gasteiger charge is 2.09. The fraction of sp³-hybridized carbons (Fsp3) is 0.111. The molecule has 0 atom stereocenters. The summed E-state index contributed by atoms with van der Waals surface area (Å²) in [6, 6.07) is 11.5. The maximum absolute atomic E-state index is 12.5. The Bertz CT molecular complexity index is 1060. The quantitative estimate of drug-likeness (QED) is 0.738. The van der Waals surface area contributed by atoms with Crippen molar-refractivity contribution >= 4 is 45.7 Å². The van der Waals surface area contributed by atoms with E-state index < -0.39 is 5.91 Å². The van der Waals surface area contributed by atoms with Crippen LogP contribution >= 0.6 is 11.6 Å². The zero-order valence-electron chi connectivity index (χ0n) is 13.8. The van der Waals surface area contributed by atoms with E-state index in [1.54, 1.807) is 36.4 Å². The molecule has 1 heterocycles. The number of nitrogens with zero attached hydrogens (tertiary/aromatic N) is 2. The maximum Gasteiger partial charge on any atom is 0.261 e. The normalized spacial score (nSPS) is 10.5. The third-order valence-electron chi connectivity index (χ3n) is 3.57. The van der Waals surface area contributed by atoms with Crippen LogP contribution < -0.4 is 16.2 Å². The summed E-state index contributed by atoms with van der Waals surface area (Å²) in [5.41, 5.74) is 1.24. The number of halogens is 1. The number of carbonyl (C=O) groups is 2. The van der Waals surface area contributed by atoms with Crippen LogP contribution in [0.5, 0.6) is 0 Å². The predicted molar refractivity (Wildman–Crippen MR) is 100 cm³/mol. The molecule has 132 valence electrons. The van der Waals surface area contributed by atoms with Gasteiger partial charge in [-0.2, -0.15) is 0 Å². The Hall–Kier alpha value is -3.19. The number of anilines is 2. The highest BCUT2D eigenvalue weighted by molar-refractivity contribution is 6.31. The molecule has 0 unspecified atom stereocenters. The van der Waals surface area contributed by atoms with Gasteiger partial charge in [-0.15, -0.1) is 0 Å². The summed E-state index contributed by atoms with van der Waals surface area (Å²) in [6.07, 6.45) is 1.33. The second-order valence-electron chi connectivity index (χ2n) is 5.65. The van der Waals surface area contributed by atoms with Crippen LogP contribution in [0.25, 0.3) is 10.9 Å². The molecule has 0 spiro atoms. The van der Waals surface area contributed by atoms with Gasteiger partial charge in [0.1, 0.15) is 6.54 Å². The molecule has 3 aromatic rings. The van der Waals surface area contributed by atoms with E-state index in [4.69, 9.17) is 11.6 Å². The van der Waals surface area contributed by atoms with Gasteiger partial charge in [0.2, 0.25) is 11.8 Å². The zero-order chi connectivity index (χ0) is 18.7. The van der Waals surface area contributed by atoms with Gasteiger partial charge in [0, 0.05) is 23.3 Å². The first kappa shape index (κ1) is 17.6. The van der Waals surface area contributed by atoms with Crippen LogP contribution in [0.2, 0.25) is 5.02 Å². The number of hydrogen-bond acceptors (Lipinski definition) is 4. The number of rotatable bonds is 4. The van der Waals surface area contributed by atoms with Crippen LogP contribution in [-0.4, -0.2) is 21.4 Å². The van der Waals surface area contributed by atoms with Crippen LogP contribution in [0, 0.1) is 0 Å². The van der Waals surface area contributed by atoms with Gasteiger partial charge in [0.25, 0.3) is 5.56 Å². The van der Waals surface area contributed by atoms with Crippen LogP contribution in [0.15, 0.2) is 53.6 Å². The van der Waals surface area contributed by atoms with Gasteiger partial charge in [-0.05, 0) is 36.4 Å². The Kier molecular flexibility index (Phi) is 4.99. The van der Waals surface area contributed by atoms with Crippen molar-refractivity contribution in [2.24, 2.45) is 0 Å². The predicted octanol–water partition coefficient (Wildman–Crippen LogP) is 2.65. The fourth-order valence-electron chi connectivity index (χ4n) is 2.48. The summed E-state index contributed by atoms with van der Waals surface area (Å²) in [6.45, 7) is 1.20. The number of carbonyl (C=O) groups excluding carboxylic acids is 2. The average molecular weight is 371 g/mol. The van der Waals surface area contributed by atoms with E-state index in [2.05, 4.69) is 15.6 Å².